The highest BCUT2D eigenvalue weighted by atomic mass is 32.1. The van der Waals surface area contributed by atoms with Crippen LogP contribution in [0.2, 0.25) is 0 Å². The molecule has 2 aromatic rings. The van der Waals surface area contributed by atoms with Crippen molar-refractivity contribution in [1.82, 2.24) is 10.6 Å². The van der Waals surface area contributed by atoms with E-state index in [1.165, 1.54) is 11.3 Å². The Balaban J connectivity index is 1.47. The third-order valence-corrected chi connectivity index (χ3v) is 4.82. The van der Waals surface area contributed by atoms with E-state index in [2.05, 4.69) is 22.8 Å². The van der Waals surface area contributed by atoms with E-state index < -0.39 is 0 Å². The van der Waals surface area contributed by atoms with E-state index in [9.17, 15) is 9.59 Å². The molecule has 1 aliphatic rings. The number of carbonyl (C=O) groups is 2. The summed E-state index contributed by atoms with van der Waals surface area (Å²) in [6.07, 6.45) is 2.62. The minimum absolute atomic E-state index is 0.0165. The van der Waals surface area contributed by atoms with Gasteiger partial charge in [-0.25, -0.2) is 0 Å². The van der Waals surface area contributed by atoms with E-state index in [4.69, 9.17) is 0 Å². The highest BCUT2D eigenvalue weighted by Crippen LogP contribution is 2.40. The van der Waals surface area contributed by atoms with Crippen molar-refractivity contribution in [1.29, 1.82) is 0 Å². The van der Waals surface area contributed by atoms with Crippen molar-refractivity contribution in [3.8, 4) is 0 Å². The summed E-state index contributed by atoms with van der Waals surface area (Å²) < 4.78 is 0. The van der Waals surface area contributed by atoms with Crippen molar-refractivity contribution in [3.63, 3.8) is 0 Å². The molecular formula is C18H20N2O2S. The minimum Gasteiger partial charge on any atom is -0.351 e. The van der Waals surface area contributed by atoms with Crippen LogP contribution in [-0.4, -0.2) is 18.4 Å². The molecule has 1 aliphatic carbocycles. The Kier molecular flexibility index (Phi) is 5.08. The van der Waals surface area contributed by atoms with Crippen LogP contribution < -0.4 is 10.6 Å². The quantitative estimate of drug-likeness (QED) is 0.820. The first kappa shape index (κ1) is 15.7. The summed E-state index contributed by atoms with van der Waals surface area (Å²) in [5.41, 5.74) is 1.16. The van der Waals surface area contributed by atoms with Gasteiger partial charge in [-0.3, -0.25) is 9.59 Å². The summed E-state index contributed by atoms with van der Waals surface area (Å²) in [6.45, 7) is 0.356. The molecule has 0 spiro atoms. The second-order valence-electron chi connectivity index (χ2n) is 5.78. The maximum absolute atomic E-state index is 12.2. The van der Waals surface area contributed by atoms with Gasteiger partial charge in [-0.15, -0.1) is 11.3 Å². The standard InChI is InChI=1S/C18H20N2O2S/c21-16(10-11-19-18(22)15-7-4-12-23-15)20-17(14-8-9-14)13-5-2-1-3-6-13/h1-7,12,14,17H,8-11H2,(H,19,22)(H,20,21)/t17-/m1/s1. The monoisotopic (exact) mass is 328 g/mol. The molecule has 0 radical (unpaired) electrons. The van der Waals surface area contributed by atoms with Crippen LogP contribution in [0.25, 0.3) is 0 Å². The lowest BCUT2D eigenvalue weighted by molar-refractivity contribution is -0.121. The van der Waals surface area contributed by atoms with Crippen molar-refractivity contribution in [2.75, 3.05) is 6.54 Å². The normalized spacial score (nSPS) is 15.0. The van der Waals surface area contributed by atoms with Gasteiger partial charge in [0.05, 0.1) is 10.9 Å². The first-order chi connectivity index (χ1) is 11.2. The molecule has 0 saturated heterocycles. The maximum atomic E-state index is 12.2. The number of nitrogens with one attached hydrogen (secondary N) is 2. The van der Waals surface area contributed by atoms with Crippen LogP contribution in [0.4, 0.5) is 0 Å². The zero-order valence-corrected chi connectivity index (χ0v) is 13.6. The fourth-order valence-corrected chi connectivity index (χ4v) is 3.23. The summed E-state index contributed by atoms with van der Waals surface area (Å²) in [7, 11) is 0. The second-order valence-corrected chi connectivity index (χ2v) is 6.72. The molecule has 4 nitrogen and oxygen atoms in total. The Morgan fingerprint density at radius 3 is 2.57 bits per heavy atom. The molecule has 5 heteroatoms. The SMILES string of the molecule is O=C(CCNC(=O)c1cccs1)N[C@H](c1ccccc1)C1CC1. The van der Waals surface area contributed by atoms with Crippen LogP contribution >= 0.6 is 11.3 Å². The Morgan fingerprint density at radius 2 is 1.91 bits per heavy atom. The Hall–Kier alpha value is -2.14. The number of carbonyl (C=O) groups excluding carboxylic acids is 2. The maximum Gasteiger partial charge on any atom is 0.261 e. The van der Waals surface area contributed by atoms with Gasteiger partial charge in [0.15, 0.2) is 0 Å². The van der Waals surface area contributed by atoms with Gasteiger partial charge in [0.25, 0.3) is 5.91 Å². The fourth-order valence-electron chi connectivity index (χ4n) is 2.59. The molecule has 3 rings (SSSR count). The summed E-state index contributed by atoms with van der Waals surface area (Å²) in [4.78, 5) is 24.7. The number of benzene rings is 1. The molecule has 1 aromatic heterocycles. The van der Waals surface area contributed by atoms with Gasteiger partial charge in [0.1, 0.15) is 0 Å². The zero-order valence-electron chi connectivity index (χ0n) is 12.8. The van der Waals surface area contributed by atoms with Crippen molar-refractivity contribution in [2.24, 2.45) is 5.92 Å². The van der Waals surface area contributed by atoms with Crippen LogP contribution in [0.15, 0.2) is 47.8 Å². The van der Waals surface area contributed by atoms with Crippen LogP contribution in [0.3, 0.4) is 0 Å². The van der Waals surface area contributed by atoms with Crippen LogP contribution in [0.5, 0.6) is 0 Å². The number of rotatable bonds is 7. The second kappa shape index (κ2) is 7.42. The average molecular weight is 328 g/mol. The van der Waals surface area contributed by atoms with Crippen molar-refractivity contribution in [2.45, 2.75) is 25.3 Å². The van der Waals surface area contributed by atoms with Gasteiger partial charge in [0.2, 0.25) is 5.91 Å². The Bertz CT molecular complexity index is 651. The molecule has 1 saturated carbocycles. The summed E-state index contributed by atoms with van der Waals surface area (Å²) >= 11 is 1.40. The van der Waals surface area contributed by atoms with Crippen LogP contribution in [0, 0.1) is 5.92 Å². The largest absolute Gasteiger partial charge is 0.351 e. The molecule has 0 unspecified atom stereocenters. The zero-order chi connectivity index (χ0) is 16.1. The third-order valence-electron chi connectivity index (χ3n) is 3.95. The third kappa shape index (κ3) is 4.42. The summed E-state index contributed by atoms with van der Waals surface area (Å²) in [5.74, 6) is 0.411. The average Bonchev–Trinajstić information content (AvgIpc) is 3.26. The van der Waals surface area contributed by atoms with E-state index in [0.717, 1.165) is 18.4 Å². The molecule has 1 aromatic carbocycles. The Labute approximate surface area is 139 Å². The predicted octanol–water partition coefficient (Wildman–Crippen LogP) is 3.14. The van der Waals surface area contributed by atoms with Crippen LogP contribution in [-0.2, 0) is 4.79 Å². The molecule has 1 atom stereocenters. The van der Waals surface area contributed by atoms with Gasteiger partial charge in [-0.05, 0) is 35.8 Å². The van der Waals surface area contributed by atoms with E-state index >= 15 is 0 Å². The first-order valence-electron chi connectivity index (χ1n) is 7.90. The highest BCUT2D eigenvalue weighted by molar-refractivity contribution is 7.12. The Morgan fingerprint density at radius 1 is 1.13 bits per heavy atom. The molecule has 2 N–H and O–H groups in total. The molecule has 2 amide bonds. The van der Waals surface area contributed by atoms with Gasteiger partial charge in [0, 0.05) is 13.0 Å². The lowest BCUT2D eigenvalue weighted by atomic mass is 10.0. The molecule has 0 bridgehead atoms. The van der Waals surface area contributed by atoms with Gasteiger partial charge >= 0.3 is 0 Å². The van der Waals surface area contributed by atoms with E-state index in [1.807, 2.05) is 29.6 Å². The molecule has 23 heavy (non-hydrogen) atoms. The van der Waals surface area contributed by atoms with E-state index in [0.29, 0.717) is 23.8 Å². The van der Waals surface area contributed by atoms with E-state index in [-0.39, 0.29) is 17.9 Å². The number of amides is 2. The molecular weight excluding hydrogens is 308 g/mol. The molecule has 0 aliphatic heterocycles. The van der Waals surface area contributed by atoms with Crippen molar-refractivity contribution < 1.29 is 9.59 Å². The number of hydrogen-bond acceptors (Lipinski definition) is 3. The molecule has 120 valence electrons. The van der Waals surface area contributed by atoms with Crippen LogP contribution in [0.1, 0.15) is 40.5 Å². The fraction of sp³-hybridized carbons (Fsp3) is 0.333. The highest BCUT2D eigenvalue weighted by Gasteiger charge is 2.33. The minimum atomic E-state index is -0.116. The molecule has 1 heterocycles. The predicted molar refractivity (Wildman–Crippen MR) is 91.3 cm³/mol. The first-order valence-corrected chi connectivity index (χ1v) is 8.78. The lowest BCUT2D eigenvalue weighted by Crippen LogP contribution is -2.33. The van der Waals surface area contributed by atoms with Gasteiger partial charge in [-0.2, -0.15) is 0 Å². The van der Waals surface area contributed by atoms with Gasteiger partial charge in [-0.1, -0.05) is 36.4 Å². The number of thiophene rings is 1. The summed E-state index contributed by atoms with van der Waals surface area (Å²) in [5, 5.41) is 7.76. The van der Waals surface area contributed by atoms with Crippen molar-refractivity contribution in [3.05, 3.63) is 58.3 Å². The van der Waals surface area contributed by atoms with Gasteiger partial charge < -0.3 is 10.6 Å². The number of hydrogen-bond donors (Lipinski definition) is 2. The molecule has 1 fully saturated rings. The smallest absolute Gasteiger partial charge is 0.261 e. The van der Waals surface area contributed by atoms with E-state index in [1.54, 1.807) is 6.07 Å². The summed E-state index contributed by atoms with van der Waals surface area (Å²) in [6, 6.07) is 13.8. The van der Waals surface area contributed by atoms with Crippen molar-refractivity contribution >= 4 is 23.2 Å². The topological polar surface area (TPSA) is 58.2 Å². The lowest BCUT2D eigenvalue weighted by Gasteiger charge is -2.19.